The number of sulfonamides is 1. The van der Waals surface area contributed by atoms with E-state index >= 15 is 0 Å². The molecule has 2 aromatic heterocycles. The predicted molar refractivity (Wildman–Crippen MR) is 79.8 cm³/mol. The molecule has 3 rings (SSSR count). The van der Waals surface area contributed by atoms with Crippen LogP contribution >= 0.6 is 11.3 Å². The summed E-state index contributed by atoms with van der Waals surface area (Å²) < 4.78 is 28.5. The molecule has 1 aliphatic rings. The van der Waals surface area contributed by atoms with Gasteiger partial charge in [-0.05, 0) is 0 Å². The third-order valence-corrected chi connectivity index (χ3v) is 6.27. The number of rotatable bonds is 4. The zero-order valence-electron chi connectivity index (χ0n) is 11.3. The molecule has 0 aromatic carbocycles. The van der Waals surface area contributed by atoms with Crippen molar-refractivity contribution in [3.05, 3.63) is 11.6 Å². The first-order valence-electron chi connectivity index (χ1n) is 6.58. The maximum Gasteiger partial charge on any atom is 0.262 e. The van der Waals surface area contributed by atoms with E-state index in [-0.39, 0.29) is 17.5 Å². The van der Waals surface area contributed by atoms with E-state index in [9.17, 15) is 8.42 Å². The number of hydrogen-bond donors (Lipinski definition) is 2. The standard InChI is InChI=1S/C11H17N5O3S2/c12-9-10(16-6-8-20-11(16)13-9)21(18,19)15-3-1-14(2-4-15)5-7-17/h6,8,17H,1-5,7,12H2. The first kappa shape index (κ1) is 14.7. The Balaban J connectivity index is 1.88. The normalized spacial score (nSPS) is 18.5. The molecule has 0 amide bonds. The summed E-state index contributed by atoms with van der Waals surface area (Å²) in [6.45, 7) is 2.63. The van der Waals surface area contributed by atoms with Gasteiger partial charge in [-0.2, -0.15) is 4.31 Å². The van der Waals surface area contributed by atoms with Crippen molar-refractivity contribution in [1.82, 2.24) is 18.6 Å². The van der Waals surface area contributed by atoms with E-state index < -0.39 is 10.0 Å². The minimum atomic E-state index is -3.66. The van der Waals surface area contributed by atoms with E-state index in [1.54, 1.807) is 11.6 Å². The van der Waals surface area contributed by atoms with E-state index in [2.05, 4.69) is 4.98 Å². The van der Waals surface area contributed by atoms with Crippen LogP contribution in [0.5, 0.6) is 0 Å². The van der Waals surface area contributed by atoms with Crippen LogP contribution in [0.15, 0.2) is 16.6 Å². The van der Waals surface area contributed by atoms with Crippen molar-refractivity contribution < 1.29 is 13.5 Å². The molecular weight excluding hydrogens is 314 g/mol. The van der Waals surface area contributed by atoms with Crippen LogP contribution in [0.4, 0.5) is 5.82 Å². The SMILES string of the molecule is Nc1nc2sccn2c1S(=O)(=O)N1CCN(CCO)CC1. The zero-order chi connectivity index (χ0) is 15.0. The number of imidazole rings is 1. The second-order valence-electron chi connectivity index (χ2n) is 4.83. The molecule has 1 saturated heterocycles. The number of aromatic nitrogens is 2. The van der Waals surface area contributed by atoms with Gasteiger partial charge in [-0.15, -0.1) is 11.3 Å². The Labute approximate surface area is 126 Å². The van der Waals surface area contributed by atoms with Crippen LogP contribution in [0, 0.1) is 0 Å². The number of anilines is 1. The maximum atomic E-state index is 12.8. The van der Waals surface area contributed by atoms with Crippen molar-refractivity contribution in [2.45, 2.75) is 5.03 Å². The molecule has 0 atom stereocenters. The fourth-order valence-electron chi connectivity index (χ4n) is 2.50. The van der Waals surface area contributed by atoms with Gasteiger partial charge in [0.15, 0.2) is 15.8 Å². The lowest BCUT2D eigenvalue weighted by Gasteiger charge is -2.33. The lowest BCUT2D eigenvalue weighted by Crippen LogP contribution is -2.49. The van der Waals surface area contributed by atoms with Crippen LogP contribution in [0.1, 0.15) is 0 Å². The minimum Gasteiger partial charge on any atom is -0.395 e. The third-order valence-electron chi connectivity index (χ3n) is 3.58. The average molecular weight is 331 g/mol. The van der Waals surface area contributed by atoms with Crippen LogP contribution in [0.25, 0.3) is 4.96 Å². The van der Waals surface area contributed by atoms with E-state index in [4.69, 9.17) is 10.8 Å². The molecule has 1 fully saturated rings. The number of aliphatic hydroxyl groups is 1. The molecule has 116 valence electrons. The highest BCUT2D eigenvalue weighted by molar-refractivity contribution is 7.89. The lowest BCUT2D eigenvalue weighted by atomic mass is 10.4. The summed E-state index contributed by atoms with van der Waals surface area (Å²) in [6.07, 6.45) is 1.66. The number of thiazole rings is 1. The molecule has 2 aromatic rings. The van der Waals surface area contributed by atoms with Crippen LogP contribution in [0.3, 0.4) is 0 Å². The fourth-order valence-corrected chi connectivity index (χ4v) is 4.87. The quantitative estimate of drug-likeness (QED) is 0.766. The molecule has 21 heavy (non-hydrogen) atoms. The van der Waals surface area contributed by atoms with Gasteiger partial charge in [0, 0.05) is 44.3 Å². The Bertz CT molecular complexity index is 730. The molecule has 0 aliphatic carbocycles. The van der Waals surface area contributed by atoms with Gasteiger partial charge in [0.05, 0.1) is 6.61 Å². The summed E-state index contributed by atoms with van der Waals surface area (Å²) in [5.41, 5.74) is 5.79. The third kappa shape index (κ3) is 2.53. The molecular formula is C11H17N5O3S2. The number of nitrogens with zero attached hydrogens (tertiary/aromatic N) is 4. The lowest BCUT2D eigenvalue weighted by molar-refractivity contribution is 0.151. The van der Waals surface area contributed by atoms with Gasteiger partial charge in [0.25, 0.3) is 10.0 Å². The van der Waals surface area contributed by atoms with Crippen LogP contribution in [-0.2, 0) is 10.0 Å². The number of nitrogen functional groups attached to an aromatic ring is 1. The number of fused-ring (bicyclic) bond motifs is 1. The number of hydrogen-bond acceptors (Lipinski definition) is 7. The number of piperazine rings is 1. The Kier molecular flexibility index (Phi) is 3.88. The topological polar surface area (TPSA) is 104 Å². The Morgan fingerprint density at radius 2 is 2.05 bits per heavy atom. The Hall–Kier alpha value is -1.20. The summed E-state index contributed by atoms with van der Waals surface area (Å²) in [6, 6.07) is 0. The molecule has 0 saturated carbocycles. The van der Waals surface area contributed by atoms with Gasteiger partial charge in [-0.1, -0.05) is 0 Å². The first-order chi connectivity index (χ1) is 10.0. The minimum absolute atomic E-state index is 0.0413. The summed E-state index contributed by atoms with van der Waals surface area (Å²) in [5.74, 6) is 0.0413. The van der Waals surface area contributed by atoms with Crippen LogP contribution in [-0.4, -0.2) is 71.4 Å². The highest BCUT2D eigenvalue weighted by Crippen LogP contribution is 2.26. The number of β-amino-alcohol motifs (C(OH)–C–C–N with tert-alkyl or cyclic N) is 1. The molecule has 3 N–H and O–H groups in total. The van der Waals surface area contributed by atoms with Crippen molar-refractivity contribution in [2.24, 2.45) is 0 Å². The highest BCUT2D eigenvalue weighted by atomic mass is 32.2. The van der Waals surface area contributed by atoms with Crippen molar-refractivity contribution in [3.8, 4) is 0 Å². The van der Waals surface area contributed by atoms with Crippen LogP contribution < -0.4 is 5.73 Å². The second-order valence-corrected chi connectivity index (χ2v) is 7.55. The van der Waals surface area contributed by atoms with Crippen LogP contribution in [0.2, 0.25) is 0 Å². The molecule has 8 nitrogen and oxygen atoms in total. The van der Waals surface area contributed by atoms with E-state index in [1.807, 2.05) is 4.90 Å². The van der Waals surface area contributed by atoms with E-state index in [0.29, 0.717) is 37.7 Å². The highest BCUT2D eigenvalue weighted by Gasteiger charge is 2.33. The fraction of sp³-hybridized carbons (Fsp3) is 0.545. The molecule has 1 aliphatic heterocycles. The molecule has 0 spiro atoms. The van der Waals surface area contributed by atoms with Gasteiger partial charge >= 0.3 is 0 Å². The van der Waals surface area contributed by atoms with Gasteiger partial charge in [-0.25, -0.2) is 13.4 Å². The van der Waals surface area contributed by atoms with Gasteiger partial charge in [-0.3, -0.25) is 9.30 Å². The molecule has 0 radical (unpaired) electrons. The summed E-state index contributed by atoms with van der Waals surface area (Å²) in [7, 11) is -3.66. The summed E-state index contributed by atoms with van der Waals surface area (Å²) >= 11 is 1.34. The second kappa shape index (κ2) is 5.54. The van der Waals surface area contributed by atoms with E-state index in [0.717, 1.165) is 0 Å². The maximum absolute atomic E-state index is 12.8. The van der Waals surface area contributed by atoms with Gasteiger partial charge in [0.2, 0.25) is 0 Å². The monoisotopic (exact) mass is 331 g/mol. The number of aliphatic hydroxyl groups excluding tert-OH is 1. The first-order valence-corrected chi connectivity index (χ1v) is 8.90. The van der Waals surface area contributed by atoms with Gasteiger partial charge in [0.1, 0.15) is 0 Å². The molecule has 0 bridgehead atoms. The molecule has 10 heteroatoms. The van der Waals surface area contributed by atoms with E-state index in [1.165, 1.54) is 20.0 Å². The van der Waals surface area contributed by atoms with Gasteiger partial charge < -0.3 is 10.8 Å². The van der Waals surface area contributed by atoms with Crippen molar-refractivity contribution in [1.29, 1.82) is 0 Å². The molecule has 3 heterocycles. The smallest absolute Gasteiger partial charge is 0.262 e. The van der Waals surface area contributed by atoms with Crippen molar-refractivity contribution in [2.75, 3.05) is 45.1 Å². The summed E-state index contributed by atoms with van der Waals surface area (Å²) in [5, 5.41) is 10.8. The zero-order valence-corrected chi connectivity index (χ0v) is 13.0. The van der Waals surface area contributed by atoms with Crippen molar-refractivity contribution >= 4 is 32.1 Å². The Morgan fingerprint density at radius 3 is 2.71 bits per heavy atom. The number of nitrogens with two attached hydrogens (primary N) is 1. The summed E-state index contributed by atoms with van der Waals surface area (Å²) in [4.78, 5) is 6.70. The largest absolute Gasteiger partial charge is 0.395 e. The predicted octanol–water partition coefficient (Wildman–Crippen LogP) is -0.723. The average Bonchev–Trinajstić information content (AvgIpc) is 2.99. The molecule has 0 unspecified atom stereocenters. The van der Waals surface area contributed by atoms with Crippen molar-refractivity contribution in [3.63, 3.8) is 0 Å². The Morgan fingerprint density at radius 1 is 1.33 bits per heavy atom.